The average molecular weight is 341 g/mol. The number of carbonyl (C=O) groups excluding carboxylic acids is 1. The van der Waals surface area contributed by atoms with Crippen molar-refractivity contribution in [2.75, 3.05) is 12.8 Å². The molecule has 6 nitrogen and oxygen atoms in total. The van der Waals surface area contributed by atoms with Crippen LogP contribution in [-0.4, -0.2) is 41.4 Å². The zero-order chi connectivity index (χ0) is 16.9. The fourth-order valence-corrected chi connectivity index (χ4v) is 5.01. The van der Waals surface area contributed by atoms with Crippen LogP contribution in [-0.2, 0) is 9.84 Å². The SMILES string of the molecule is CN(C(=O)c1cnc2ccccn12)[C@H]1CS(=O)(=O)c2ccccc21. The summed E-state index contributed by atoms with van der Waals surface area (Å²) in [6.07, 6.45) is 3.28. The highest BCUT2D eigenvalue weighted by Crippen LogP contribution is 2.36. The molecule has 0 fully saturated rings. The molecule has 0 radical (unpaired) electrons. The van der Waals surface area contributed by atoms with E-state index in [4.69, 9.17) is 0 Å². The van der Waals surface area contributed by atoms with Gasteiger partial charge in [-0.1, -0.05) is 24.3 Å². The summed E-state index contributed by atoms with van der Waals surface area (Å²) >= 11 is 0. The highest BCUT2D eigenvalue weighted by molar-refractivity contribution is 7.91. The van der Waals surface area contributed by atoms with Gasteiger partial charge in [0.2, 0.25) is 0 Å². The summed E-state index contributed by atoms with van der Waals surface area (Å²) in [5.41, 5.74) is 1.76. The number of sulfone groups is 1. The lowest BCUT2D eigenvalue weighted by Crippen LogP contribution is -2.33. The molecule has 2 aromatic heterocycles. The van der Waals surface area contributed by atoms with Crippen molar-refractivity contribution in [3.8, 4) is 0 Å². The van der Waals surface area contributed by atoms with Gasteiger partial charge >= 0.3 is 0 Å². The average Bonchev–Trinajstić information content (AvgIpc) is 3.13. The van der Waals surface area contributed by atoms with Gasteiger partial charge in [0.05, 0.1) is 22.9 Å². The predicted octanol–water partition coefficient (Wildman–Crippen LogP) is 1.93. The van der Waals surface area contributed by atoms with Crippen molar-refractivity contribution in [2.24, 2.45) is 0 Å². The minimum atomic E-state index is -3.36. The summed E-state index contributed by atoms with van der Waals surface area (Å²) in [5, 5.41) is 0. The van der Waals surface area contributed by atoms with E-state index < -0.39 is 15.9 Å². The minimum Gasteiger partial charge on any atom is -0.332 e. The third-order valence-corrected chi connectivity index (χ3v) is 6.21. The Balaban J connectivity index is 1.75. The van der Waals surface area contributed by atoms with E-state index in [0.29, 0.717) is 21.8 Å². The molecule has 0 saturated carbocycles. The molecule has 0 N–H and O–H groups in total. The third-order valence-electron chi connectivity index (χ3n) is 4.41. The van der Waals surface area contributed by atoms with E-state index in [-0.39, 0.29) is 11.7 Å². The molecular weight excluding hydrogens is 326 g/mol. The van der Waals surface area contributed by atoms with Crippen molar-refractivity contribution in [3.05, 3.63) is 66.1 Å². The first-order valence-corrected chi connectivity index (χ1v) is 9.15. The number of amides is 1. The molecule has 122 valence electrons. The summed E-state index contributed by atoms with van der Waals surface area (Å²) in [7, 11) is -1.73. The first-order chi connectivity index (χ1) is 11.5. The maximum Gasteiger partial charge on any atom is 0.272 e. The van der Waals surface area contributed by atoms with Gasteiger partial charge in [-0.2, -0.15) is 0 Å². The Bertz CT molecular complexity index is 1060. The minimum absolute atomic E-state index is 0.0919. The number of pyridine rings is 1. The Hall–Kier alpha value is -2.67. The van der Waals surface area contributed by atoms with Gasteiger partial charge in [-0.15, -0.1) is 0 Å². The molecule has 3 aromatic rings. The lowest BCUT2D eigenvalue weighted by atomic mass is 10.1. The van der Waals surface area contributed by atoms with Crippen molar-refractivity contribution in [1.29, 1.82) is 0 Å². The van der Waals surface area contributed by atoms with Crippen molar-refractivity contribution in [3.63, 3.8) is 0 Å². The molecule has 0 aliphatic carbocycles. The number of aromatic nitrogens is 2. The number of hydrogen-bond donors (Lipinski definition) is 0. The maximum atomic E-state index is 12.9. The van der Waals surface area contributed by atoms with Gasteiger partial charge < -0.3 is 4.90 Å². The Morgan fingerprint density at radius 2 is 1.96 bits per heavy atom. The molecular formula is C17H15N3O3S. The second-order valence-corrected chi connectivity index (χ2v) is 7.83. The fourth-order valence-electron chi connectivity index (χ4n) is 3.16. The van der Waals surface area contributed by atoms with Gasteiger partial charge in [-0.25, -0.2) is 13.4 Å². The normalized spacial score (nSPS) is 18.5. The lowest BCUT2D eigenvalue weighted by molar-refractivity contribution is 0.0739. The number of hydrogen-bond acceptors (Lipinski definition) is 4. The molecule has 24 heavy (non-hydrogen) atoms. The fraction of sp³-hybridized carbons (Fsp3) is 0.176. The molecule has 0 bridgehead atoms. The molecule has 1 aliphatic heterocycles. The molecule has 0 saturated heterocycles. The number of benzene rings is 1. The molecule has 0 spiro atoms. The van der Waals surface area contributed by atoms with Crippen LogP contribution in [0.25, 0.3) is 5.65 Å². The van der Waals surface area contributed by atoms with Crippen molar-refractivity contribution in [2.45, 2.75) is 10.9 Å². The molecule has 0 unspecified atom stereocenters. The number of rotatable bonds is 2. The lowest BCUT2D eigenvalue weighted by Gasteiger charge is -2.24. The van der Waals surface area contributed by atoms with Crippen LogP contribution in [0.15, 0.2) is 59.8 Å². The summed E-state index contributed by atoms with van der Waals surface area (Å²) < 4.78 is 26.4. The largest absolute Gasteiger partial charge is 0.332 e. The van der Waals surface area contributed by atoms with Crippen molar-refractivity contribution < 1.29 is 13.2 Å². The zero-order valence-corrected chi connectivity index (χ0v) is 13.8. The molecule has 4 rings (SSSR count). The number of nitrogens with zero attached hydrogens (tertiary/aromatic N) is 3. The van der Waals surface area contributed by atoms with Gasteiger partial charge in [-0.05, 0) is 23.8 Å². The summed E-state index contributed by atoms with van der Waals surface area (Å²) in [4.78, 5) is 18.9. The summed E-state index contributed by atoms with van der Waals surface area (Å²) in [6.45, 7) is 0. The highest BCUT2D eigenvalue weighted by Gasteiger charge is 2.38. The van der Waals surface area contributed by atoms with Crippen LogP contribution in [0, 0.1) is 0 Å². The molecule has 1 aliphatic rings. The van der Waals surface area contributed by atoms with Crippen molar-refractivity contribution in [1.82, 2.24) is 14.3 Å². The Kier molecular flexibility index (Phi) is 3.21. The van der Waals surface area contributed by atoms with E-state index in [9.17, 15) is 13.2 Å². The third kappa shape index (κ3) is 2.12. The number of carbonyl (C=O) groups is 1. The topological polar surface area (TPSA) is 71.8 Å². The molecule has 7 heteroatoms. The van der Waals surface area contributed by atoms with Gasteiger partial charge in [-0.3, -0.25) is 9.20 Å². The summed E-state index contributed by atoms with van der Waals surface area (Å²) in [6, 6.07) is 11.8. The number of imidazole rings is 1. The van der Waals surface area contributed by atoms with E-state index in [2.05, 4.69) is 4.98 Å². The Morgan fingerprint density at radius 3 is 2.79 bits per heavy atom. The molecule has 1 atom stereocenters. The Morgan fingerprint density at radius 1 is 1.21 bits per heavy atom. The van der Waals surface area contributed by atoms with Gasteiger partial charge in [0.1, 0.15) is 11.3 Å². The van der Waals surface area contributed by atoms with Gasteiger partial charge in [0.15, 0.2) is 9.84 Å². The standard InChI is InChI=1S/C17H15N3O3S/c1-19(14-11-24(22,23)15-7-3-2-6-12(14)15)17(21)13-10-18-16-8-4-5-9-20(13)16/h2-10,14H,11H2,1H3/t14-/m0/s1. The molecule has 1 amide bonds. The second-order valence-electron chi connectivity index (χ2n) is 5.82. The van der Waals surface area contributed by atoms with E-state index >= 15 is 0 Å². The second kappa shape index (κ2) is 5.17. The van der Waals surface area contributed by atoms with Crippen LogP contribution < -0.4 is 0 Å². The van der Waals surface area contributed by atoms with Crippen LogP contribution in [0.4, 0.5) is 0 Å². The zero-order valence-electron chi connectivity index (χ0n) is 13.0. The highest BCUT2D eigenvalue weighted by atomic mass is 32.2. The van der Waals surface area contributed by atoms with Crippen molar-refractivity contribution >= 4 is 21.4 Å². The first kappa shape index (κ1) is 14.9. The smallest absolute Gasteiger partial charge is 0.272 e. The quantitative estimate of drug-likeness (QED) is 0.714. The van der Waals surface area contributed by atoms with Crippen LogP contribution in [0.1, 0.15) is 22.1 Å². The van der Waals surface area contributed by atoms with E-state index in [0.717, 1.165) is 0 Å². The van der Waals surface area contributed by atoms with E-state index in [1.807, 2.05) is 18.2 Å². The van der Waals surface area contributed by atoms with E-state index in [1.165, 1.54) is 11.1 Å². The first-order valence-electron chi connectivity index (χ1n) is 7.50. The molecule has 1 aromatic carbocycles. The van der Waals surface area contributed by atoms with E-state index in [1.54, 1.807) is 41.9 Å². The van der Waals surface area contributed by atoms with Gasteiger partial charge in [0, 0.05) is 13.2 Å². The van der Waals surface area contributed by atoms with Crippen LogP contribution in [0.2, 0.25) is 0 Å². The number of fused-ring (bicyclic) bond motifs is 2. The maximum absolute atomic E-state index is 12.9. The van der Waals surface area contributed by atoms with Crippen LogP contribution >= 0.6 is 0 Å². The van der Waals surface area contributed by atoms with Crippen LogP contribution in [0.5, 0.6) is 0 Å². The van der Waals surface area contributed by atoms with Crippen LogP contribution in [0.3, 0.4) is 0 Å². The monoisotopic (exact) mass is 341 g/mol. The summed E-state index contributed by atoms with van der Waals surface area (Å²) in [5.74, 6) is -0.351. The predicted molar refractivity (Wildman–Crippen MR) is 88.5 cm³/mol. The Labute approximate surface area is 139 Å². The van der Waals surface area contributed by atoms with Gasteiger partial charge in [0.25, 0.3) is 5.91 Å². The molecule has 3 heterocycles.